The predicted molar refractivity (Wildman–Crippen MR) is 72.7 cm³/mol. The second-order valence-electron chi connectivity index (χ2n) is 5.92. The Hall–Kier alpha value is -1.37. The van der Waals surface area contributed by atoms with Gasteiger partial charge in [0.1, 0.15) is 5.82 Å². The monoisotopic (exact) mass is 298 g/mol. The normalized spacial score (nSPS) is 28.2. The fourth-order valence-corrected chi connectivity index (χ4v) is 4.96. The van der Waals surface area contributed by atoms with E-state index >= 15 is 0 Å². The van der Waals surface area contributed by atoms with Gasteiger partial charge in [-0.15, -0.1) is 0 Å². The minimum Gasteiger partial charge on any atom is -0.476 e. The van der Waals surface area contributed by atoms with E-state index in [-0.39, 0.29) is 23.1 Å². The third-order valence-electron chi connectivity index (χ3n) is 4.29. The molecule has 110 valence electrons. The third kappa shape index (κ3) is 2.24. The highest BCUT2D eigenvalue weighted by Crippen LogP contribution is 2.33. The molecule has 1 aromatic rings. The zero-order valence-corrected chi connectivity index (χ0v) is 12.2. The first-order valence-electron chi connectivity index (χ1n) is 6.90. The van der Waals surface area contributed by atoms with Crippen LogP contribution in [0, 0.1) is 5.92 Å². The molecule has 20 heavy (non-hydrogen) atoms. The summed E-state index contributed by atoms with van der Waals surface area (Å²) in [6.45, 7) is 2.84. The van der Waals surface area contributed by atoms with Crippen molar-refractivity contribution < 1.29 is 18.3 Å². The number of aromatic carboxylic acids is 1. The Morgan fingerprint density at radius 2 is 2.15 bits per heavy atom. The molecule has 7 heteroatoms. The number of imidazole rings is 1. The quantitative estimate of drug-likeness (QED) is 0.882. The summed E-state index contributed by atoms with van der Waals surface area (Å²) in [5, 5.41) is 9.29. The maximum Gasteiger partial charge on any atom is 0.356 e. The van der Waals surface area contributed by atoms with Crippen molar-refractivity contribution >= 4 is 15.8 Å². The van der Waals surface area contributed by atoms with Gasteiger partial charge in [0, 0.05) is 12.5 Å². The largest absolute Gasteiger partial charge is 0.476 e. The molecule has 0 saturated carbocycles. The molecule has 6 nitrogen and oxygen atoms in total. The van der Waals surface area contributed by atoms with Gasteiger partial charge in [0.15, 0.2) is 15.5 Å². The molecule has 1 N–H and O–H groups in total. The van der Waals surface area contributed by atoms with Crippen LogP contribution in [0.5, 0.6) is 0 Å². The molecule has 0 aliphatic carbocycles. The number of nitrogens with zero attached hydrogens (tertiary/aromatic N) is 2. The molecule has 0 spiro atoms. The summed E-state index contributed by atoms with van der Waals surface area (Å²) in [6, 6.07) is 0. The summed E-state index contributed by atoms with van der Waals surface area (Å²) in [6.07, 6.45) is 2.23. The van der Waals surface area contributed by atoms with E-state index in [1.54, 1.807) is 0 Å². The van der Waals surface area contributed by atoms with Gasteiger partial charge in [-0.05, 0) is 25.2 Å². The van der Waals surface area contributed by atoms with Crippen molar-refractivity contribution in [3.05, 3.63) is 17.2 Å². The fraction of sp³-hybridized carbons (Fsp3) is 0.692. The Balaban J connectivity index is 2.04. The van der Waals surface area contributed by atoms with Gasteiger partial charge in [0.05, 0.1) is 17.2 Å². The number of carboxylic acids is 1. The van der Waals surface area contributed by atoms with Gasteiger partial charge < -0.3 is 9.67 Å². The molecular formula is C13H18N2O4S. The van der Waals surface area contributed by atoms with Gasteiger partial charge >= 0.3 is 5.97 Å². The molecule has 1 aromatic heterocycles. The van der Waals surface area contributed by atoms with Gasteiger partial charge in [0.25, 0.3) is 0 Å². The molecule has 0 aromatic carbocycles. The lowest BCUT2D eigenvalue weighted by Gasteiger charge is -2.23. The number of carbonyl (C=O) groups is 1. The number of hydrogen-bond acceptors (Lipinski definition) is 4. The standard InChI is InChI=1S/C13H18N2O4S/c1-8-2-4-15-10(6-8)11(13(16)17)14-12(15)9-3-5-20(18,19)7-9/h8-9H,2-7H2,1H3,(H,16,17). The van der Waals surface area contributed by atoms with E-state index in [9.17, 15) is 18.3 Å². The highest BCUT2D eigenvalue weighted by molar-refractivity contribution is 7.91. The van der Waals surface area contributed by atoms with Gasteiger partial charge in [-0.25, -0.2) is 18.2 Å². The molecule has 3 heterocycles. The van der Waals surface area contributed by atoms with Crippen LogP contribution in [0.2, 0.25) is 0 Å². The molecule has 0 bridgehead atoms. The van der Waals surface area contributed by atoms with Gasteiger partial charge in [-0.1, -0.05) is 6.92 Å². The molecule has 3 rings (SSSR count). The van der Waals surface area contributed by atoms with Crippen molar-refractivity contribution in [2.75, 3.05) is 11.5 Å². The number of hydrogen-bond donors (Lipinski definition) is 1. The van der Waals surface area contributed by atoms with Crippen molar-refractivity contribution in [2.24, 2.45) is 5.92 Å². The van der Waals surface area contributed by atoms with Gasteiger partial charge in [-0.3, -0.25) is 0 Å². The first kappa shape index (κ1) is 13.6. The number of aromatic nitrogens is 2. The van der Waals surface area contributed by atoms with E-state index in [1.165, 1.54) is 0 Å². The molecule has 0 radical (unpaired) electrons. The second kappa shape index (κ2) is 4.58. The van der Waals surface area contributed by atoms with Crippen molar-refractivity contribution in [3.63, 3.8) is 0 Å². The van der Waals surface area contributed by atoms with Crippen LogP contribution < -0.4 is 0 Å². The Kier molecular flexibility index (Phi) is 3.12. The van der Waals surface area contributed by atoms with Crippen LogP contribution in [-0.4, -0.2) is 40.6 Å². The number of sulfone groups is 1. The van der Waals surface area contributed by atoms with E-state index in [1.807, 2.05) is 4.57 Å². The maximum atomic E-state index is 11.6. The van der Waals surface area contributed by atoms with Crippen molar-refractivity contribution in [1.29, 1.82) is 0 Å². The fourth-order valence-electron chi connectivity index (χ4n) is 3.23. The van der Waals surface area contributed by atoms with E-state index < -0.39 is 15.8 Å². The molecular weight excluding hydrogens is 280 g/mol. The first-order chi connectivity index (χ1) is 9.37. The van der Waals surface area contributed by atoms with Crippen LogP contribution in [0.3, 0.4) is 0 Å². The Labute approximate surface area is 117 Å². The van der Waals surface area contributed by atoms with Crippen LogP contribution in [0.4, 0.5) is 0 Å². The minimum absolute atomic E-state index is 0.0953. The average Bonchev–Trinajstić information content (AvgIpc) is 2.89. The third-order valence-corrected chi connectivity index (χ3v) is 6.06. The molecule has 2 atom stereocenters. The maximum absolute atomic E-state index is 11.6. The van der Waals surface area contributed by atoms with E-state index in [0.29, 0.717) is 24.6 Å². The summed E-state index contributed by atoms with van der Waals surface area (Å²) >= 11 is 0. The zero-order valence-electron chi connectivity index (χ0n) is 11.4. The molecule has 0 amide bonds. The van der Waals surface area contributed by atoms with E-state index in [2.05, 4.69) is 11.9 Å². The molecule has 2 aliphatic rings. The molecule has 2 aliphatic heterocycles. The van der Waals surface area contributed by atoms with E-state index in [4.69, 9.17) is 0 Å². The molecule has 2 unspecified atom stereocenters. The molecule has 1 fully saturated rings. The summed E-state index contributed by atoms with van der Waals surface area (Å²) in [4.78, 5) is 15.6. The lowest BCUT2D eigenvalue weighted by Crippen LogP contribution is -2.21. The number of fused-ring (bicyclic) bond motifs is 1. The minimum atomic E-state index is -2.99. The summed E-state index contributed by atoms with van der Waals surface area (Å²) in [5.41, 5.74) is 0.867. The lowest BCUT2D eigenvalue weighted by molar-refractivity contribution is 0.0689. The van der Waals surface area contributed by atoms with Crippen LogP contribution in [0.15, 0.2) is 0 Å². The average molecular weight is 298 g/mol. The molecule has 1 saturated heterocycles. The number of rotatable bonds is 2. The Bertz CT molecular complexity index is 662. The van der Waals surface area contributed by atoms with Gasteiger partial charge in [0.2, 0.25) is 0 Å². The van der Waals surface area contributed by atoms with Crippen LogP contribution >= 0.6 is 0 Å². The van der Waals surface area contributed by atoms with Crippen molar-refractivity contribution in [2.45, 2.75) is 38.6 Å². The Morgan fingerprint density at radius 3 is 2.75 bits per heavy atom. The predicted octanol–water partition coefficient (Wildman–Crippen LogP) is 1.07. The SMILES string of the molecule is CC1CCn2c(C3CCS(=O)(=O)C3)nc(C(=O)O)c2C1. The summed E-state index contributed by atoms with van der Waals surface area (Å²) in [7, 11) is -2.99. The highest BCUT2D eigenvalue weighted by atomic mass is 32.2. The van der Waals surface area contributed by atoms with Crippen molar-refractivity contribution in [3.8, 4) is 0 Å². The Morgan fingerprint density at radius 1 is 1.40 bits per heavy atom. The summed E-state index contributed by atoms with van der Waals surface area (Å²) < 4.78 is 25.2. The first-order valence-corrected chi connectivity index (χ1v) is 8.72. The van der Waals surface area contributed by atoms with Crippen LogP contribution in [0.25, 0.3) is 0 Å². The summed E-state index contributed by atoms with van der Waals surface area (Å²) in [5.74, 6) is 0.203. The number of carboxylic acid groups (broad SMARTS) is 1. The highest BCUT2D eigenvalue weighted by Gasteiger charge is 2.35. The lowest BCUT2D eigenvalue weighted by atomic mass is 9.96. The zero-order chi connectivity index (χ0) is 14.5. The van der Waals surface area contributed by atoms with E-state index in [0.717, 1.165) is 18.7 Å². The topological polar surface area (TPSA) is 89.3 Å². The van der Waals surface area contributed by atoms with Crippen LogP contribution in [-0.2, 0) is 22.8 Å². The van der Waals surface area contributed by atoms with Crippen LogP contribution in [0.1, 0.15) is 47.7 Å². The second-order valence-corrected chi connectivity index (χ2v) is 8.15. The van der Waals surface area contributed by atoms with Gasteiger partial charge in [-0.2, -0.15) is 0 Å². The smallest absolute Gasteiger partial charge is 0.356 e. The van der Waals surface area contributed by atoms with Crippen molar-refractivity contribution in [1.82, 2.24) is 9.55 Å².